The molecule has 0 heterocycles. The molecule has 0 fully saturated rings. The first-order chi connectivity index (χ1) is 6.02. The Balaban J connectivity index is 2.97. The number of aliphatic hydroxyl groups excluding tert-OH is 1. The Morgan fingerprint density at radius 2 is 2.00 bits per heavy atom. The van der Waals surface area contributed by atoms with Gasteiger partial charge in [-0.3, -0.25) is 0 Å². The van der Waals surface area contributed by atoms with E-state index in [2.05, 4.69) is 0 Å². The Morgan fingerprint density at radius 3 is 2.46 bits per heavy atom. The van der Waals surface area contributed by atoms with Gasteiger partial charge in [0.15, 0.2) is 0 Å². The van der Waals surface area contributed by atoms with Gasteiger partial charge in [0.1, 0.15) is 5.75 Å². The molecule has 0 amide bonds. The predicted molar refractivity (Wildman–Crippen MR) is 51.5 cm³/mol. The summed E-state index contributed by atoms with van der Waals surface area (Å²) >= 11 is 0. The van der Waals surface area contributed by atoms with Crippen molar-refractivity contribution < 1.29 is 10.2 Å². The quantitative estimate of drug-likeness (QED) is 0.639. The lowest BCUT2D eigenvalue weighted by Gasteiger charge is -2.15. The monoisotopic (exact) mass is 181 g/mol. The number of phenolic OH excluding ortho intramolecular Hbond substituents is 1. The highest BCUT2D eigenvalue weighted by molar-refractivity contribution is 5.36. The summed E-state index contributed by atoms with van der Waals surface area (Å²) in [6.45, 7) is 3.44. The minimum atomic E-state index is -0.609. The van der Waals surface area contributed by atoms with Gasteiger partial charge in [0.25, 0.3) is 0 Å². The highest BCUT2D eigenvalue weighted by Crippen LogP contribution is 2.22. The fourth-order valence-electron chi connectivity index (χ4n) is 1.11. The Kier molecular flexibility index (Phi) is 2.90. The topological polar surface area (TPSA) is 66.5 Å². The maximum atomic E-state index is 9.39. The SMILES string of the molecule is Cc1ccc(C(N)C(C)O)cc1O. The van der Waals surface area contributed by atoms with Crippen molar-refractivity contribution in [3.63, 3.8) is 0 Å². The first-order valence-electron chi connectivity index (χ1n) is 4.25. The van der Waals surface area contributed by atoms with Gasteiger partial charge in [-0.25, -0.2) is 0 Å². The molecule has 4 N–H and O–H groups in total. The third-order valence-electron chi connectivity index (χ3n) is 2.14. The van der Waals surface area contributed by atoms with Crippen LogP contribution in [0, 0.1) is 6.92 Å². The van der Waals surface area contributed by atoms with Crippen LogP contribution >= 0.6 is 0 Å². The fourth-order valence-corrected chi connectivity index (χ4v) is 1.11. The molecular weight excluding hydrogens is 166 g/mol. The van der Waals surface area contributed by atoms with Crippen molar-refractivity contribution in [1.29, 1.82) is 0 Å². The van der Waals surface area contributed by atoms with Gasteiger partial charge in [-0.05, 0) is 31.0 Å². The molecule has 0 saturated carbocycles. The molecule has 1 rings (SSSR count). The van der Waals surface area contributed by atoms with E-state index in [0.29, 0.717) is 0 Å². The van der Waals surface area contributed by atoms with E-state index in [1.807, 2.05) is 13.0 Å². The normalized spacial score (nSPS) is 15.4. The van der Waals surface area contributed by atoms with Crippen molar-refractivity contribution in [2.45, 2.75) is 26.0 Å². The molecule has 3 heteroatoms. The number of nitrogens with two attached hydrogens (primary N) is 1. The van der Waals surface area contributed by atoms with Gasteiger partial charge in [-0.15, -0.1) is 0 Å². The number of aliphatic hydroxyl groups is 1. The maximum Gasteiger partial charge on any atom is 0.118 e. The van der Waals surface area contributed by atoms with E-state index in [-0.39, 0.29) is 5.75 Å². The number of rotatable bonds is 2. The van der Waals surface area contributed by atoms with Gasteiger partial charge < -0.3 is 15.9 Å². The number of aryl methyl sites for hydroxylation is 1. The third kappa shape index (κ3) is 2.20. The standard InChI is InChI=1S/C10H15NO2/c1-6-3-4-8(5-9(6)13)10(11)7(2)12/h3-5,7,10,12-13H,11H2,1-2H3. The number of phenols is 1. The van der Waals surface area contributed by atoms with Crippen molar-refractivity contribution in [3.05, 3.63) is 29.3 Å². The molecule has 2 unspecified atom stereocenters. The first-order valence-corrected chi connectivity index (χ1v) is 4.25. The maximum absolute atomic E-state index is 9.39. The Bertz CT molecular complexity index is 297. The van der Waals surface area contributed by atoms with E-state index in [1.54, 1.807) is 19.1 Å². The van der Waals surface area contributed by atoms with Crippen molar-refractivity contribution in [1.82, 2.24) is 0 Å². The van der Waals surface area contributed by atoms with Gasteiger partial charge in [0.05, 0.1) is 12.1 Å². The minimum absolute atomic E-state index is 0.216. The largest absolute Gasteiger partial charge is 0.508 e. The van der Waals surface area contributed by atoms with Gasteiger partial charge in [-0.2, -0.15) is 0 Å². The first kappa shape index (κ1) is 10.0. The van der Waals surface area contributed by atoms with Gasteiger partial charge in [-0.1, -0.05) is 12.1 Å². The fraction of sp³-hybridized carbons (Fsp3) is 0.400. The summed E-state index contributed by atoms with van der Waals surface area (Å²) in [5.41, 5.74) is 7.25. The molecular formula is C10H15NO2. The van der Waals surface area contributed by atoms with E-state index >= 15 is 0 Å². The van der Waals surface area contributed by atoms with Crippen LogP contribution in [0.15, 0.2) is 18.2 Å². The number of hydrogen-bond acceptors (Lipinski definition) is 3. The second-order valence-corrected chi connectivity index (χ2v) is 3.31. The number of aromatic hydroxyl groups is 1. The molecule has 13 heavy (non-hydrogen) atoms. The number of benzene rings is 1. The molecule has 1 aromatic carbocycles. The summed E-state index contributed by atoms with van der Waals surface area (Å²) in [4.78, 5) is 0. The smallest absolute Gasteiger partial charge is 0.118 e. The van der Waals surface area contributed by atoms with E-state index in [4.69, 9.17) is 5.73 Å². The van der Waals surface area contributed by atoms with Crippen LogP contribution in [0.5, 0.6) is 5.75 Å². The molecule has 1 aromatic rings. The minimum Gasteiger partial charge on any atom is -0.508 e. The van der Waals surface area contributed by atoms with Crippen molar-refractivity contribution in [2.75, 3.05) is 0 Å². The average Bonchev–Trinajstić information content (AvgIpc) is 2.08. The second-order valence-electron chi connectivity index (χ2n) is 3.31. The molecule has 0 aromatic heterocycles. The van der Waals surface area contributed by atoms with Crippen LogP contribution < -0.4 is 5.73 Å². The molecule has 0 radical (unpaired) electrons. The third-order valence-corrected chi connectivity index (χ3v) is 2.14. The lowest BCUT2D eigenvalue weighted by Crippen LogP contribution is -2.22. The molecule has 2 atom stereocenters. The van der Waals surface area contributed by atoms with Gasteiger partial charge in [0, 0.05) is 0 Å². The molecule has 72 valence electrons. The molecule has 0 bridgehead atoms. The zero-order chi connectivity index (χ0) is 10.0. The summed E-state index contributed by atoms with van der Waals surface area (Å²) in [7, 11) is 0. The van der Waals surface area contributed by atoms with Crippen LogP contribution in [-0.2, 0) is 0 Å². The number of hydrogen-bond donors (Lipinski definition) is 3. The van der Waals surface area contributed by atoms with Crippen LogP contribution in [0.4, 0.5) is 0 Å². The molecule has 0 aliphatic carbocycles. The summed E-state index contributed by atoms with van der Waals surface area (Å²) < 4.78 is 0. The molecule has 0 spiro atoms. The predicted octanol–water partition coefficient (Wildman–Crippen LogP) is 1.08. The lowest BCUT2D eigenvalue weighted by molar-refractivity contribution is 0.164. The molecule has 0 aliphatic rings. The molecule has 0 aliphatic heterocycles. The van der Waals surface area contributed by atoms with Crippen LogP contribution in [0.25, 0.3) is 0 Å². The van der Waals surface area contributed by atoms with Crippen LogP contribution in [0.3, 0.4) is 0 Å². The van der Waals surface area contributed by atoms with E-state index in [1.165, 1.54) is 0 Å². The Morgan fingerprint density at radius 1 is 1.38 bits per heavy atom. The highest BCUT2D eigenvalue weighted by Gasteiger charge is 2.12. The van der Waals surface area contributed by atoms with Crippen LogP contribution in [-0.4, -0.2) is 16.3 Å². The van der Waals surface area contributed by atoms with Gasteiger partial charge in [0.2, 0.25) is 0 Å². The zero-order valence-corrected chi connectivity index (χ0v) is 7.86. The lowest BCUT2D eigenvalue weighted by atomic mass is 10.0. The summed E-state index contributed by atoms with van der Waals surface area (Å²) in [6.07, 6.45) is -0.609. The van der Waals surface area contributed by atoms with E-state index < -0.39 is 12.1 Å². The Labute approximate surface area is 77.8 Å². The van der Waals surface area contributed by atoms with E-state index in [9.17, 15) is 10.2 Å². The van der Waals surface area contributed by atoms with E-state index in [0.717, 1.165) is 11.1 Å². The zero-order valence-electron chi connectivity index (χ0n) is 7.86. The van der Waals surface area contributed by atoms with Crippen LogP contribution in [0.2, 0.25) is 0 Å². The second kappa shape index (κ2) is 3.77. The Hall–Kier alpha value is -1.06. The highest BCUT2D eigenvalue weighted by atomic mass is 16.3. The molecule has 3 nitrogen and oxygen atoms in total. The molecule has 0 saturated heterocycles. The summed E-state index contributed by atoms with van der Waals surface area (Å²) in [5, 5.41) is 18.6. The van der Waals surface area contributed by atoms with Crippen molar-refractivity contribution in [2.24, 2.45) is 5.73 Å². The van der Waals surface area contributed by atoms with Crippen molar-refractivity contribution in [3.8, 4) is 5.75 Å². The summed E-state index contributed by atoms with van der Waals surface area (Å²) in [6, 6.07) is 4.75. The van der Waals surface area contributed by atoms with Crippen molar-refractivity contribution >= 4 is 0 Å². The van der Waals surface area contributed by atoms with Crippen LogP contribution in [0.1, 0.15) is 24.1 Å². The summed E-state index contributed by atoms with van der Waals surface area (Å²) in [5.74, 6) is 0.216. The average molecular weight is 181 g/mol. The van der Waals surface area contributed by atoms with Gasteiger partial charge >= 0.3 is 0 Å².